The van der Waals surface area contributed by atoms with E-state index in [1.54, 1.807) is 19.5 Å². The number of furan rings is 1. The van der Waals surface area contributed by atoms with Crippen LogP contribution in [0.25, 0.3) is 44.6 Å². The molecule has 0 saturated carbocycles. The highest BCUT2D eigenvalue weighted by molar-refractivity contribution is 5.98. The maximum atomic E-state index is 6.04. The second kappa shape index (κ2) is 6.91. The molecule has 6 nitrogen and oxygen atoms in total. The van der Waals surface area contributed by atoms with Gasteiger partial charge in [-0.2, -0.15) is 0 Å². The first-order valence-corrected chi connectivity index (χ1v) is 9.23. The van der Waals surface area contributed by atoms with Gasteiger partial charge in [0.05, 0.1) is 7.11 Å². The minimum atomic E-state index is 0.588. The molecule has 3 aromatic heterocycles. The molecule has 1 N–H and O–H groups in total. The van der Waals surface area contributed by atoms with Crippen molar-refractivity contribution in [2.75, 3.05) is 19.5 Å². The molecule has 142 valence electrons. The molecule has 5 aromatic rings. The Balaban J connectivity index is 1.74. The van der Waals surface area contributed by atoms with Crippen molar-refractivity contribution in [3.05, 3.63) is 67.0 Å². The van der Waals surface area contributed by atoms with Gasteiger partial charge in [0.1, 0.15) is 28.4 Å². The summed E-state index contributed by atoms with van der Waals surface area (Å²) in [5.74, 6) is 2.72. The van der Waals surface area contributed by atoms with Crippen LogP contribution in [0.15, 0.2) is 71.4 Å². The number of nitrogens with one attached hydrogen (secondary N) is 1. The minimum absolute atomic E-state index is 0.588. The van der Waals surface area contributed by atoms with E-state index in [4.69, 9.17) is 19.1 Å². The highest BCUT2D eigenvalue weighted by atomic mass is 16.5. The quantitative estimate of drug-likeness (QED) is 0.463. The molecule has 0 fully saturated rings. The Bertz CT molecular complexity index is 1300. The highest BCUT2D eigenvalue weighted by Gasteiger charge is 2.16. The maximum absolute atomic E-state index is 6.04. The molecule has 0 atom stereocenters. The number of ether oxygens (including phenoxy) is 1. The highest BCUT2D eigenvalue weighted by Crippen LogP contribution is 2.37. The number of nitrogens with zero attached hydrogens (tertiary/aromatic N) is 3. The van der Waals surface area contributed by atoms with Gasteiger partial charge in [-0.1, -0.05) is 18.2 Å². The summed E-state index contributed by atoms with van der Waals surface area (Å²) in [6.07, 6.45) is 3.47. The second-order valence-corrected chi connectivity index (χ2v) is 6.61. The summed E-state index contributed by atoms with van der Waals surface area (Å²) in [6.45, 7) is 0. The van der Waals surface area contributed by atoms with E-state index in [0.717, 1.165) is 38.8 Å². The van der Waals surface area contributed by atoms with Gasteiger partial charge >= 0.3 is 0 Å². The monoisotopic (exact) mass is 382 g/mol. The Hall–Kier alpha value is -3.93. The van der Waals surface area contributed by atoms with Gasteiger partial charge in [0.25, 0.3) is 0 Å². The van der Waals surface area contributed by atoms with E-state index in [-0.39, 0.29) is 0 Å². The molecule has 0 unspecified atom stereocenters. The van der Waals surface area contributed by atoms with Gasteiger partial charge in [-0.05, 0) is 36.4 Å². The van der Waals surface area contributed by atoms with Crippen LogP contribution in [0.1, 0.15) is 0 Å². The summed E-state index contributed by atoms with van der Waals surface area (Å²) in [4.78, 5) is 13.6. The molecule has 0 spiro atoms. The van der Waals surface area contributed by atoms with E-state index < -0.39 is 0 Å². The number of fused-ring (bicyclic) bond motifs is 2. The molecule has 0 amide bonds. The number of methoxy groups -OCH3 is 1. The van der Waals surface area contributed by atoms with Gasteiger partial charge in [-0.3, -0.25) is 4.98 Å². The lowest BCUT2D eigenvalue weighted by molar-refractivity contribution is 0.419. The van der Waals surface area contributed by atoms with Crippen LogP contribution in [-0.4, -0.2) is 29.1 Å². The van der Waals surface area contributed by atoms with Crippen LogP contribution in [0.4, 0.5) is 5.82 Å². The van der Waals surface area contributed by atoms with Crippen LogP contribution in [-0.2, 0) is 0 Å². The summed E-state index contributed by atoms with van der Waals surface area (Å²) in [7, 11) is 3.48. The van der Waals surface area contributed by atoms with E-state index in [2.05, 4.69) is 10.3 Å². The molecule has 0 aliphatic heterocycles. The molecule has 29 heavy (non-hydrogen) atoms. The van der Waals surface area contributed by atoms with Gasteiger partial charge in [-0.25, -0.2) is 9.97 Å². The van der Waals surface area contributed by atoms with E-state index >= 15 is 0 Å². The Labute approximate surface area is 167 Å². The van der Waals surface area contributed by atoms with E-state index in [0.29, 0.717) is 17.4 Å². The first kappa shape index (κ1) is 17.2. The van der Waals surface area contributed by atoms with Crippen molar-refractivity contribution >= 4 is 27.7 Å². The normalized spacial score (nSPS) is 11.1. The summed E-state index contributed by atoms with van der Waals surface area (Å²) in [5, 5.41) is 5.09. The lowest BCUT2D eigenvalue weighted by Crippen LogP contribution is -2.00. The number of hydrogen-bond donors (Lipinski definition) is 1. The lowest BCUT2D eigenvalue weighted by atomic mass is 10.1. The summed E-state index contributed by atoms with van der Waals surface area (Å²) < 4.78 is 11.7. The second-order valence-electron chi connectivity index (χ2n) is 6.61. The third-order valence-electron chi connectivity index (χ3n) is 4.85. The maximum Gasteiger partial charge on any atom is 0.163 e. The zero-order valence-corrected chi connectivity index (χ0v) is 16.0. The fourth-order valence-electron chi connectivity index (χ4n) is 3.44. The molecule has 0 bridgehead atoms. The predicted octanol–water partition coefficient (Wildman–Crippen LogP) is 5.16. The minimum Gasteiger partial charge on any atom is -0.494 e. The van der Waals surface area contributed by atoms with Crippen molar-refractivity contribution in [1.29, 1.82) is 0 Å². The topological polar surface area (TPSA) is 73.1 Å². The molecule has 6 heteroatoms. The fourth-order valence-corrected chi connectivity index (χ4v) is 3.44. The Morgan fingerprint density at radius 3 is 2.62 bits per heavy atom. The number of hydrogen-bond acceptors (Lipinski definition) is 6. The number of rotatable bonds is 4. The van der Waals surface area contributed by atoms with Crippen molar-refractivity contribution in [3.8, 4) is 28.5 Å². The van der Waals surface area contributed by atoms with Crippen LogP contribution < -0.4 is 10.1 Å². The third kappa shape index (κ3) is 2.95. The van der Waals surface area contributed by atoms with Crippen molar-refractivity contribution in [2.24, 2.45) is 0 Å². The average Bonchev–Trinajstić information content (AvgIpc) is 3.22. The predicted molar refractivity (Wildman–Crippen MR) is 114 cm³/mol. The van der Waals surface area contributed by atoms with Crippen molar-refractivity contribution in [3.63, 3.8) is 0 Å². The lowest BCUT2D eigenvalue weighted by Gasteiger charge is -2.12. The number of para-hydroxylation sites is 1. The number of aromatic nitrogens is 3. The standard InChI is InChI=1S/C23H18N4O2/c1-24-23-17-10-16(19-11-14-6-3-4-8-18(14)29-19)12-20(28-2)21(17)26-22(27-23)15-7-5-9-25-13-15/h3-13H,1-2H3,(H,24,26,27). The van der Waals surface area contributed by atoms with Gasteiger partial charge in [0, 0.05) is 41.3 Å². The number of benzene rings is 2. The number of pyridine rings is 1. The molecular weight excluding hydrogens is 364 g/mol. The van der Waals surface area contributed by atoms with Gasteiger partial charge < -0.3 is 14.5 Å². The number of anilines is 1. The molecule has 2 aromatic carbocycles. The molecule has 0 aliphatic rings. The van der Waals surface area contributed by atoms with Crippen molar-refractivity contribution in [2.45, 2.75) is 0 Å². The Kier molecular flexibility index (Phi) is 4.09. The first-order chi connectivity index (χ1) is 14.3. The zero-order chi connectivity index (χ0) is 19.8. The Morgan fingerprint density at radius 2 is 1.86 bits per heavy atom. The third-order valence-corrected chi connectivity index (χ3v) is 4.85. The summed E-state index contributed by atoms with van der Waals surface area (Å²) in [5.41, 5.74) is 3.32. The van der Waals surface area contributed by atoms with Gasteiger partial charge in [0.15, 0.2) is 5.82 Å². The van der Waals surface area contributed by atoms with Crippen molar-refractivity contribution < 1.29 is 9.15 Å². The molecule has 5 rings (SSSR count). The molecular formula is C23H18N4O2. The van der Waals surface area contributed by atoms with Crippen LogP contribution in [0.3, 0.4) is 0 Å². The zero-order valence-electron chi connectivity index (χ0n) is 16.0. The molecule has 3 heterocycles. The van der Waals surface area contributed by atoms with Crippen LogP contribution in [0.2, 0.25) is 0 Å². The van der Waals surface area contributed by atoms with Crippen molar-refractivity contribution in [1.82, 2.24) is 15.0 Å². The SMILES string of the molecule is CNc1nc(-c2cccnc2)nc2c(OC)cc(-c3cc4ccccc4o3)cc12. The summed E-state index contributed by atoms with van der Waals surface area (Å²) >= 11 is 0. The largest absolute Gasteiger partial charge is 0.494 e. The van der Waals surface area contributed by atoms with Crippen LogP contribution in [0, 0.1) is 0 Å². The average molecular weight is 382 g/mol. The van der Waals surface area contributed by atoms with Gasteiger partial charge in [0.2, 0.25) is 0 Å². The summed E-state index contributed by atoms with van der Waals surface area (Å²) in [6, 6.07) is 17.7. The smallest absolute Gasteiger partial charge is 0.163 e. The van der Waals surface area contributed by atoms with Crippen LogP contribution in [0.5, 0.6) is 5.75 Å². The fraction of sp³-hybridized carbons (Fsp3) is 0.0870. The van der Waals surface area contributed by atoms with E-state index in [1.807, 2.05) is 61.6 Å². The van der Waals surface area contributed by atoms with E-state index in [1.165, 1.54) is 0 Å². The first-order valence-electron chi connectivity index (χ1n) is 9.23. The molecule has 0 aliphatic carbocycles. The van der Waals surface area contributed by atoms with E-state index in [9.17, 15) is 0 Å². The van der Waals surface area contributed by atoms with Gasteiger partial charge in [-0.15, -0.1) is 0 Å². The van der Waals surface area contributed by atoms with Crippen LogP contribution >= 0.6 is 0 Å². The Morgan fingerprint density at radius 1 is 0.966 bits per heavy atom. The molecule has 0 radical (unpaired) electrons. The molecule has 0 saturated heterocycles.